The molecule has 3 heteroatoms. The Morgan fingerprint density at radius 3 is 2.69 bits per heavy atom. The Hall–Kier alpha value is -0.150. The van der Waals surface area contributed by atoms with Gasteiger partial charge in [-0.3, -0.25) is 0 Å². The van der Waals surface area contributed by atoms with E-state index in [0.29, 0.717) is 0 Å². The number of rotatable bonds is 2. The fourth-order valence-electron chi connectivity index (χ4n) is 0.872. The number of hydrogen-bond donors (Lipinski definition) is 0. The summed E-state index contributed by atoms with van der Waals surface area (Å²) in [7, 11) is 0. The number of allylic oxidation sites excluding steroid dienone is 1. The zero-order valence-electron chi connectivity index (χ0n) is 8.17. The molecule has 0 spiro atoms. The molecule has 1 heterocycles. The average Bonchev–Trinajstić information content (AvgIpc) is 2.47. The lowest BCUT2D eigenvalue weighted by Crippen LogP contribution is -2.10. The highest BCUT2D eigenvalue weighted by molar-refractivity contribution is 9.09. The number of nitrogens with zero attached hydrogens (tertiary/aromatic N) is 1. The van der Waals surface area contributed by atoms with Gasteiger partial charge in [0.25, 0.3) is 0 Å². The van der Waals surface area contributed by atoms with Gasteiger partial charge in [-0.25, -0.2) is 4.98 Å². The lowest BCUT2D eigenvalue weighted by Gasteiger charge is -2.13. The van der Waals surface area contributed by atoms with Crippen LogP contribution in [0.15, 0.2) is 11.5 Å². The van der Waals surface area contributed by atoms with Gasteiger partial charge in [0.05, 0.1) is 10.7 Å². The first-order chi connectivity index (χ1) is 6.04. The number of hydrogen-bond acceptors (Lipinski definition) is 2. The van der Waals surface area contributed by atoms with E-state index < -0.39 is 0 Å². The summed E-state index contributed by atoms with van der Waals surface area (Å²) in [6.07, 6.45) is 4.10. The van der Waals surface area contributed by atoms with Gasteiger partial charge in [0.2, 0.25) is 0 Å². The molecule has 1 aromatic heterocycles. The summed E-state index contributed by atoms with van der Waals surface area (Å²) in [5, 5.41) is 4.18. The molecule has 0 atom stereocenters. The summed E-state index contributed by atoms with van der Waals surface area (Å²) < 4.78 is 0. The SMILES string of the molecule is CC(C)(C)c1nc(/C=C/CBr)cs1. The number of aromatic nitrogens is 1. The molecule has 0 radical (unpaired) electrons. The van der Waals surface area contributed by atoms with Crippen molar-refractivity contribution in [3.05, 3.63) is 22.2 Å². The van der Waals surface area contributed by atoms with Crippen LogP contribution in [0.1, 0.15) is 31.5 Å². The lowest BCUT2D eigenvalue weighted by atomic mass is 9.98. The second kappa shape index (κ2) is 4.38. The van der Waals surface area contributed by atoms with Crippen LogP contribution in [0.3, 0.4) is 0 Å². The predicted molar refractivity (Wildman–Crippen MR) is 63.6 cm³/mol. The van der Waals surface area contributed by atoms with Crippen molar-refractivity contribution < 1.29 is 0 Å². The van der Waals surface area contributed by atoms with Crippen LogP contribution in [0.4, 0.5) is 0 Å². The van der Waals surface area contributed by atoms with Gasteiger partial charge < -0.3 is 0 Å². The molecule has 0 aliphatic carbocycles. The highest BCUT2D eigenvalue weighted by Gasteiger charge is 2.16. The Morgan fingerprint density at radius 1 is 1.54 bits per heavy atom. The maximum atomic E-state index is 4.53. The average molecular weight is 260 g/mol. The van der Waals surface area contributed by atoms with Crippen molar-refractivity contribution in [2.45, 2.75) is 26.2 Å². The summed E-state index contributed by atoms with van der Waals surface area (Å²) in [5.74, 6) is 0. The van der Waals surface area contributed by atoms with Crippen LogP contribution >= 0.6 is 27.3 Å². The smallest absolute Gasteiger partial charge is 0.0985 e. The number of halogens is 1. The van der Waals surface area contributed by atoms with E-state index in [0.717, 1.165) is 11.0 Å². The summed E-state index contributed by atoms with van der Waals surface area (Å²) in [5.41, 5.74) is 1.24. The van der Waals surface area contributed by atoms with Crippen molar-refractivity contribution in [1.29, 1.82) is 0 Å². The minimum atomic E-state index is 0.172. The van der Waals surface area contributed by atoms with E-state index in [2.05, 4.69) is 53.1 Å². The molecule has 0 aliphatic heterocycles. The van der Waals surface area contributed by atoms with Crippen molar-refractivity contribution in [2.24, 2.45) is 0 Å². The topological polar surface area (TPSA) is 12.9 Å². The summed E-state index contributed by atoms with van der Waals surface area (Å²) >= 11 is 5.07. The molecule has 1 aromatic rings. The molecule has 0 aromatic carbocycles. The minimum absolute atomic E-state index is 0.172. The second-order valence-corrected chi connectivity index (χ2v) is 5.39. The van der Waals surface area contributed by atoms with E-state index in [1.54, 1.807) is 11.3 Å². The van der Waals surface area contributed by atoms with Gasteiger partial charge in [-0.2, -0.15) is 0 Å². The molecular formula is C10H14BrNS. The first kappa shape index (κ1) is 10.9. The van der Waals surface area contributed by atoms with Crippen LogP contribution in [0.2, 0.25) is 0 Å². The monoisotopic (exact) mass is 259 g/mol. The molecule has 1 nitrogen and oxygen atoms in total. The normalized spacial score (nSPS) is 12.6. The Bertz CT molecular complexity index is 296. The van der Waals surface area contributed by atoms with Gasteiger partial charge in [0, 0.05) is 16.1 Å². The van der Waals surface area contributed by atoms with E-state index in [1.807, 2.05) is 6.08 Å². The summed E-state index contributed by atoms with van der Waals surface area (Å²) in [6, 6.07) is 0. The fraction of sp³-hybridized carbons (Fsp3) is 0.500. The van der Waals surface area contributed by atoms with Crippen LogP contribution in [0.5, 0.6) is 0 Å². The molecule has 1 rings (SSSR count). The highest BCUT2D eigenvalue weighted by atomic mass is 79.9. The molecule has 0 fully saturated rings. The Morgan fingerprint density at radius 2 is 2.23 bits per heavy atom. The van der Waals surface area contributed by atoms with Crippen LogP contribution in [0, 0.1) is 0 Å². The van der Waals surface area contributed by atoms with Gasteiger partial charge in [-0.05, 0) is 6.08 Å². The first-order valence-corrected chi connectivity index (χ1v) is 6.22. The predicted octanol–water partition coefficient (Wildman–Crippen LogP) is 3.85. The fourth-order valence-corrected chi connectivity index (χ4v) is 1.93. The van der Waals surface area contributed by atoms with Gasteiger partial charge >= 0.3 is 0 Å². The van der Waals surface area contributed by atoms with E-state index in [4.69, 9.17) is 0 Å². The Balaban J connectivity index is 2.81. The van der Waals surface area contributed by atoms with Crippen molar-refractivity contribution in [1.82, 2.24) is 4.98 Å². The molecule has 13 heavy (non-hydrogen) atoms. The first-order valence-electron chi connectivity index (χ1n) is 4.22. The van der Waals surface area contributed by atoms with Crippen LogP contribution in [0.25, 0.3) is 6.08 Å². The summed E-state index contributed by atoms with van der Waals surface area (Å²) in [6.45, 7) is 6.55. The summed E-state index contributed by atoms with van der Waals surface area (Å²) in [4.78, 5) is 4.53. The molecule has 0 saturated heterocycles. The lowest BCUT2D eigenvalue weighted by molar-refractivity contribution is 0.585. The largest absolute Gasteiger partial charge is 0.241 e. The quantitative estimate of drug-likeness (QED) is 0.736. The van der Waals surface area contributed by atoms with Crippen molar-refractivity contribution in [3.8, 4) is 0 Å². The van der Waals surface area contributed by atoms with Gasteiger partial charge in [0.1, 0.15) is 0 Å². The van der Waals surface area contributed by atoms with Crippen LogP contribution in [-0.2, 0) is 5.41 Å². The van der Waals surface area contributed by atoms with Crippen LogP contribution in [-0.4, -0.2) is 10.3 Å². The zero-order valence-corrected chi connectivity index (χ0v) is 10.6. The Labute approximate surface area is 92.0 Å². The van der Waals surface area contributed by atoms with E-state index in [9.17, 15) is 0 Å². The van der Waals surface area contributed by atoms with Crippen molar-refractivity contribution in [3.63, 3.8) is 0 Å². The third kappa shape index (κ3) is 3.24. The van der Waals surface area contributed by atoms with E-state index in [-0.39, 0.29) is 5.41 Å². The van der Waals surface area contributed by atoms with Gasteiger partial charge in [-0.15, -0.1) is 11.3 Å². The molecule has 0 aliphatic rings. The highest BCUT2D eigenvalue weighted by Crippen LogP contribution is 2.25. The van der Waals surface area contributed by atoms with E-state index in [1.165, 1.54) is 5.01 Å². The molecule has 0 bridgehead atoms. The Kier molecular flexibility index (Phi) is 3.68. The standard InChI is InChI=1S/C10H14BrNS/c1-10(2,3)9-12-8(7-13-9)5-4-6-11/h4-5,7H,6H2,1-3H3/b5-4+. The molecule has 0 unspecified atom stereocenters. The number of alkyl halides is 1. The molecule has 0 amide bonds. The third-order valence-corrected chi connectivity index (χ3v) is 3.20. The van der Waals surface area contributed by atoms with Gasteiger partial charge in [0.15, 0.2) is 0 Å². The molecular weight excluding hydrogens is 246 g/mol. The van der Waals surface area contributed by atoms with Crippen molar-refractivity contribution in [2.75, 3.05) is 5.33 Å². The van der Waals surface area contributed by atoms with E-state index >= 15 is 0 Å². The van der Waals surface area contributed by atoms with Crippen LogP contribution < -0.4 is 0 Å². The maximum Gasteiger partial charge on any atom is 0.0985 e. The zero-order chi connectivity index (χ0) is 9.90. The molecule has 72 valence electrons. The molecule has 0 saturated carbocycles. The third-order valence-electron chi connectivity index (χ3n) is 1.54. The number of thiazole rings is 1. The molecule has 0 N–H and O–H groups in total. The second-order valence-electron chi connectivity index (χ2n) is 3.88. The minimum Gasteiger partial charge on any atom is -0.241 e. The van der Waals surface area contributed by atoms with Gasteiger partial charge in [-0.1, -0.05) is 42.8 Å². The van der Waals surface area contributed by atoms with Crippen molar-refractivity contribution >= 4 is 33.3 Å². The maximum absolute atomic E-state index is 4.53.